The van der Waals surface area contributed by atoms with Gasteiger partial charge in [0.15, 0.2) is 6.61 Å². The summed E-state index contributed by atoms with van der Waals surface area (Å²) >= 11 is 3.53. The second kappa shape index (κ2) is 7.66. The quantitative estimate of drug-likeness (QED) is 0.653. The molecule has 1 unspecified atom stereocenters. The van der Waals surface area contributed by atoms with Gasteiger partial charge in [0, 0.05) is 0 Å². The molecule has 0 aliphatic carbocycles. The summed E-state index contributed by atoms with van der Waals surface area (Å²) in [6, 6.07) is 17.6. The van der Waals surface area contributed by atoms with Gasteiger partial charge in [0.05, 0.1) is 10.5 Å². The first-order valence-corrected chi connectivity index (χ1v) is 8.69. The van der Waals surface area contributed by atoms with E-state index >= 15 is 0 Å². The Morgan fingerprint density at radius 3 is 2.60 bits per heavy atom. The van der Waals surface area contributed by atoms with Crippen LogP contribution in [0.25, 0.3) is 10.8 Å². The molecule has 3 nitrogen and oxygen atoms in total. The van der Waals surface area contributed by atoms with E-state index in [1.54, 1.807) is 12.1 Å². The van der Waals surface area contributed by atoms with Crippen LogP contribution >= 0.6 is 15.9 Å². The smallest absolute Gasteiger partial charge is 0.258 e. The maximum Gasteiger partial charge on any atom is 0.258 e. The third-order valence-electron chi connectivity index (χ3n) is 3.93. The Hall–Kier alpha value is -2.40. The van der Waals surface area contributed by atoms with Crippen LogP contribution in [0.4, 0.5) is 4.39 Å². The molecule has 25 heavy (non-hydrogen) atoms. The van der Waals surface area contributed by atoms with Gasteiger partial charge in [0.2, 0.25) is 0 Å². The molecule has 0 radical (unpaired) electrons. The van der Waals surface area contributed by atoms with Crippen molar-refractivity contribution < 1.29 is 13.9 Å². The topological polar surface area (TPSA) is 38.3 Å². The zero-order valence-corrected chi connectivity index (χ0v) is 15.2. The van der Waals surface area contributed by atoms with Crippen LogP contribution in [0.2, 0.25) is 0 Å². The molecule has 1 N–H and O–H groups in total. The molecule has 0 heterocycles. The van der Waals surface area contributed by atoms with Gasteiger partial charge in [-0.1, -0.05) is 42.5 Å². The average Bonchev–Trinajstić information content (AvgIpc) is 2.62. The second-order valence-corrected chi connectivity index (χ2v) is 6.52. The molecule has 3 aromatic carbocycles. The molecule has 5 heteroatoms. The molecule has 3 rings (SSSR count). The largest absolute Gasteiger partial charge is 0.483 e. The first kappa shape index (κ1) is 17.4. The Bertz CT molecular complexity index is 896. The van der Waals surface area contributed by atoms with Crippen LogP contribution in [0.15, 0.2) is 65.1 Å². The normalized spacial score (nSPS) is 12.0. The molecular formula is C20H17BrFNO2. The predicted octanol–water partition coefficient (Wildman–Crippen LogP) is 5.00. The van der Waals surface area contributed by atoms with Crippen molar-refractivity contribution in [2.75, 3.05) is 6.61 Å². The fourth-order valence-electron chi connectivity index (χ4n) is 2.59. The lowest BCUT2D eigenvalue weighted by molar-refractivity contribution is -0.123. The fraction of sp³-hybridized carbons (Fsp3) is 0.150. The molecule has 128 valence electrons. The highest BCUT2D eigenvalue weighted by Crippen LogP contribution is 2.32. The van der Waals surface area contributed by atoms with Crippen LogP contribution in [-0.4, -0.2) is 12.5 Å². The van der Waals surface area contributed by atoms with E-state index in [9.17, 15) is 9.18 Å². The molecule has 0 saturated carbocycles. The van der Waals surface area contributed by atoms with E-state index in [0.29, 0.717) is 5.75 Å². The lowest BCUT2D eigenvalue weighted by Crippen LogP contribution is -2.31. The van der Waals surface area contributed by atoms with E-state index in [-0.39, 0.29) is 24.4 Å². The van der Waals surface area contributed by atoms with Crippen molar-refractivity contribution >= 4 is 32.6 Å². The van der Waals surface area contributed by atoms with E-state index < -0.39 is 0 Å². The fourth-order valence-corrected chi connectivity index (χ4v) is 3.19. The highest BCUT2D eigenvalue weighted by molar-refractivity contribution is 9.10. The Labute approximate surface area is 153 Å². The number of rotatable bonds is 5. The minimum atomic E-state index is -0.299. The Kier molecular flexibility index (Phi) is 5.34. The van der Waals surface area contributed by atoms with Crippen molar-refractivity contribution in [2.45, 2.75) is 13.0 Å². The summed E-state index contributed by atoms with van der Waals surface area (Å²) in [7, 11) is 0. The second-order valence-electron chi connectivity index (χ2n) is 5.73. The summed E-state index contributed by atoms with van der Waals surface area (Å²) in [5, 5.41) is 4.96. The number of nitrogens with one attached hydrogen (secondary N) is 1. The standard InChI is InChI=1S/C20H17BrFNO2/c1-13(14-6-9-16(22)10-7-14)23-19(24)12-25-18-11-8-15-4-2-3-5-17(15)20(18)21/h2-11,13H,12H2,1H3,(H,23,24). The maximum atomic E-state index is 13.0. The van der Waals surface area contributed by atoms with Crippen molar-refractivity contribution in [3.8, 4) is 5.75 Å². The van der Waals surface area contributed by atoms with Crippen LogP contribution in [0, 0.1) is 5.82 Å². The van der Waals surface area contributed by atoms with Crippen molar-refractivity contribution in [1.29, 1.82) is 0 Å². The van der Waals surface area contributed by atoms with E-state index in [1.165, 1.54) is 12.1 Å². The molecular weight excluding hydrogens is 385 g/mol. The Morgan fingerprint density at radius 2 is 1.84 bits per heavy atom. The van der Waals surface area contributed by atoms with Crippen LogP contribution < -0.4 is 10.1 Å². The predicted molar refractivity (Wildman–Crippen MR) is 100 cm³/mol. The van der Waals surface area contributed by atoms with Crippen LogP contribution in [0.3, 0.4) is 0 Å². The number of fused-ring (bicyclic) bond motifs is 1. The molecule has 0 aliphatic heterocycles. The molecule has 0 aliphatic rings. The third-order valence-corrected chi connectivity index (χ3v) is 4.75. The zero-order valence-electron chi connectivity index (χ0n) is 13.6. The number of ether oxygens (including phenoxy) is 1. The van der Waals surface area contributed by atoms with E-state index in [0.717, 1.165) is 20.8 Å². The number of halogens is 2. The van der Waals surface area contributed by atoms with Crippen molar-refractivity contribution in [2.24, 2.45) is 0 Å². The molecule has 0 bridgehead atoms. The van der Waals surface area contributed by atoms with Gasteiger partial charge >= 0.3 is 0 Å². The lowest BCUT2D eigenvalue weighted by atomic mass is 10.1. The summed E-state index contributed by atoms with van der Waals surface area (Å²) in [6.07, 6.45) is 0. The maximum absolute atomic E-state index is 13.0. The van der Waals surface area contributed by atoms with Gasteiger partial charge in [-0.25, -0.2) is 4.39 Å². The minimum absolute atomic E-state index is 0.0948. The number of amides is 1. The van der Waals surface area contributed by atoms with E-state index in [1.807, 2.05) is 43.3 Å². The van der Waals surface area contributed by atoms with Crippen LogP contribution in [-0.2, 0) is 4.79 Å². The number of hydrogen-bond acceptors (Lipinski definition) is 2. The molecule has 0 spiro atoms. The third kappa shape index (κ3) is 4.17. The molecule has 0 saturated heterocycles. The summed E-state index contributed by atoms with van der Waals surface area (Å²) in [4.78, 5) is 12.1. The van der Waals surface area contributed by atoms with E-state index in [4.69, 9.17) is 4.74 Å². The lowest BCUT2D eigenvalue weighted by Gasteiger charge is -2.15. The number of carbonyl (C=O) groups is 1. The van der Waals surface area contributed by atoms with Gasteiger partial charge in [-0.2, -0.15) is 0 Å². The molecule has 3 aromatic rings. The zero-order chi connectivity index (χ0) is 17.8. The van der Waals surface area contributed by atoms with Crippen molar-refractivity contribution in [1.82, 2.24) is 5.32 Å². The Morgan fingerprint density at radius 1 is 1.12 bits per heavy atom. The summed E-state index contributed by atoms with van der Waals surface area (Å²) in [6.45, 7) is 1.75. The SMILES string of the molecule is CC(NC(=O)COc1ccc2ccccc2c1Br)c1ccc(F)cc1. The van der Waals surface area contributed by atoms with Gasteiger partial charge < -0.3 is 10.1 Å². The monoisotopic (exact) mass is 401 g/mol. The van der Waals surface area contributed by atoms with Crippen molar-refractivity contribution in [3.05, 3.63) is 76.5 Å². The van der Waals surface area contributed by atoms with Crippen LogP contribution in [0.1, 0.15) is 18.5 Å². The molecule has 0 aromatic heterocycles. The van der Waals surface area contributed by atoms with Gasteiger partial charge in [0.25, 0.3) is 5.91 Å². The minimum Gasteiger partial charge on any atom is -0.483 e. The summed E-state index contributed by atoms with van der Waals surface area (Å²) in [5.41, 5.74) is 0.835. The van der Waals surface area contributed by atoms with Gasteiger partial charge in [0.1, 0.15) is 11.6 Å². The molecule has 1 amide bonds. The number of hydrogen-bond donors (Lipinski definition) is 1. The van der Waals surface area contributed by atoms with Gasteiger partial charge in [-0.05, 0) is 57.4 Å². The van der Waals surface area contributed by atoms with Gasteiger partial charge in [-0.3, -0.25) is 4.79 Å². The molecule has 1 atom stereocenters. The number of carbonyl (C=O) groups excluding carboxylic acids is 1. The Balaban J connectivity index is 1.62. The first-order valence-electron chi connectivity index (χ1n) is 7.89. The first-order chi connectivity index (χ1) is 12.0. The highest BCUT2D eigenvalue weighted by atomic mass is 79.9. The van der Waals surface area contributed by atoms with E-state index in [2.05, 4.69) is 21.2 Å². The van der Waals surface area contributed by atoms with Crippen molar-refractivity contribution in [3.63, 3.8) is 0 Å². The average molecular weight is 402 g/mol. The number of benzene rings is 3. The van der Waals surface area contributed by atoms with Gasteiger partial charge in [-0.15, -0.1) is 0 Å². The highest BCUT2D eigenvalue weighted by Gasteiger charge is 2.12. The molecule has 0 fully saturated rings. The summed E-state index contributed by atoms with van der Waals surface area (Å²) < 4.78 is 19.4. The summed E-state index contributed by atoms with van der Waals surface area (Å²) in [5.74, 6) is 0.0759. The van der Waals surface area contributed by atoms with Crippen LogP contribution in [0.5, 0.6) is 5.75 Å².